The first-order chi connectivity index (χ1) is 18.3. The molecule has 0 spiro atoms. The largest absolute Gasteiger partial charge is 0.467 e. The number of benzene rings is 3. The standard InChI is InChI=1S/C28H25N5O4S/c1-15-7-12-21-23(26(35)33-28(29)32-21)24(15)38-18-10-8-16(9-11-18)25(34)31-22(27(36)37-2)13-17-14-30-20-6-4-3-5-19(17)20/h3-12,14,22,30H,13H2,1-2H3,(H,31,34)(H3,29,32,33,35)/t22-/m0/s1. The van der Waals surface area contributed by atoms with Crippen LogP contribution >= 0.6 is 11.8 Å². The summed E-state index contributed by atoms with van der Waals surface area (Å²) in [6, 6.07) is 17.5. The van der Waals surface area contributed by atoms with Crippen molar-refractivity contribution in [2.45, 2.75) is 29.2 Å². The van der Waals surface area contributed by atoms with Gasteiger partial charge in [0.05, 0.1) is 18.0 Å². The van der Waals surface area contributed by atoms with Gasteiger partial charge in [0.1, 0.15) is 6.04 Å². The molecule has 0 radical (unpaired) electrons. The van der Waals surface area contributed by atoms with E-state index in [9.17, 15) is 14.4 Å². The Hall–Kier alpha value is -4.57. The van der Waals surface area contributed by atoms with Gasteiger partial charge in [0, 0.05) is 38.9 Å². The van der Waals surface area contributed by atoms with Crippen LogP contribution in [-0.4, -0.2) is 40.0 Å². The van der Waals surface area contributed by atoms with Crippen LogP contribution in [0.3, 0.4) is 0 Å². The van der Waals surface area contributed by atoms with Gasteiger partial charge in [-0.05, 0) is 54.4 Å². The second-order valence-corrected chi connectivity index (χ2v) is 9.88. The van der Waals surface area contributed by atoms with Crippen LogP contribution in [0.5, 0.6) is 0 Å². The molecule has 0 aliphatic heterocycles. The van der Waals surface area contributed by atoms with E-state index in [1.807, 2.05) is 43.5 Å². The number of hydrogen-bond donors (Lipinski definition) is 4. The number of nitrogens with one attached hydrogen (secondary N) is 3. The van der Waals surface area contributed by atoms with Crippen LogP contribution < -0.4 is 16.6 Å². The Labute approximate surface area is 221 Å². The van der Waals surface area contributed by atoms with Gasteiger partial charge in [0.25, 0.3) is 11.5 Å². The second kappa shape index (κ2) is 10.4. The molecule has 10 heteroatoms. The number of H-pyrrole nitrogens is 2. The number of rotatable bonds is 7. The van der Waals surface area contributed by atoms with E-state index < -0.39 is 17.9 Å². The molecule has 2 aromatic heterocycles. The highest BCUT2D eigenvalue weighted by Crippen LogP contribution is 2.34. The first-order valence-electron chi connectivity index (χ1n) is 11.8. The summed E-state index contributed by atoms with van der Waals surface area (Å²) in [7, 11) is 1.30. The molecule has 1 amide bonds. The number of methoxy groups -OCH3 is 1. The van der Waals surface area contributed by atoms with Crippen molar-refractivity contribution in [3.63, 3.8) is 0 Å². The second-order valence-electron chi connectivity index (χ2n) is 8.80. The third-order valence-corrected chi connectivity index (χ3v) is 7.51. The molecule has 0 saturated carbocycles. The monoisotopic (exact) mass is 527 g/mol. The van der Waals surface area contributed by atoms with Crippen molar-refractivity contribution in [2.24, 2.45) is 0 Å². The fourth-order valence-corrected chi connectivity index (χ4v) is 5.38. The van der Waals surface area contributed by atoms with E-state index >= 15 is 0 Å². The fourth-order valence-electron chi connectivity index (χ4n) is 4.35. The Bertz CT molecular complexity index is 1730. The maximum absolute atomic E-state index is 13.0. The number of nitrogen functional groups attached to an aromatic ring is 1. The molecule has 9 nitrogen and oxygen atoms in total. The van der Waals surface area contributed by atoms with Gasteiger partial charge >= 0.3 is 5.97 Å². The summed E-state index contributed by atoms with van der Waals surface area (Å²) < 4.78 is 4.95. The number of ether oxygens (including phenoxy) is 1. The Morgan fingerprint density at radius 2 is 1.87 bits per heavy atom. The maximum Gasteiger partial charge on any atom is 0.328 e. The summed E-state index contributed by atoms with van der Waals surface area (Å²) in [5, 5.41) is 4.25. The predicted molar refractivity (Wildman–Crippen MR) is 147 cm³/mol. The van der Waals surface area contributed by atoms with Gasteiger partial charge in [-0.15, -0.1) is 0 Å². The van der Waals surface area contributed by atoms with Crippen molar-refractivity contribution in [3.05, 3.63) is 93.9 Å². The van der Waals surface area contributed by atoms with E-state index in [2.05, 4.69) is 20.3 Å². The highest BCUT2D eigenvalue weighted by molar-refractivity contribution is 7.99. The third kappa shape index (κ3) is 4.98. The van der Waals surface area contributed by atoms with Gasteiger partial charge in [-0.1, -0.05) is 36.0 Å². The van der Waals surface area contributed by atoms with Crippen LogP contribution in [0.15, 0.2) is 81.4 Å². The molecular weight excluding hydrogens is 502 g/mol. The number of fused-ring (bicyclic) bond motifs is 2. The van der Waals surface area contributed by atoms with Crippen LogP contribution in [0.25, 0.3) is 21.8 Å². The number of amides is 1. The summed E-state index contributed by atoms with van der Waals surface area (Å²) in [5.74, 6) is -0.858. The smallest absolute Gasteiger partial charge is 0.328 e. The number of para-hydroxylation sites is 1. The predicted octanol–water partition coefficient (Wildman–Crippen LogP) is 3.96. The van der Waals surface area contributed by atoms with Gasteiger partial charge in [0.2, 0.25) is 5.95 Å². The quantitative estimate of drug-likeness (QED) is 0.235. The van der Waals surface area contributed by atoms with Crippen LogP contribution in [0, 0.1) is 6.92 Å². The zero-order valence-corrected chi connectivity index (χ0v) is 21.5. The van der Waals surface area contributed by atoms with Crippen LogP contribution in [-0.2, 0) is 16.0 Å². The summed E-state index contributed by atoms with van der Waals surface area (Å²) in [5.41, 5.74) is 9.06. The minimum absolute atomic E-state index is 0.0626. The molecule has 5 rings (SSSR count). The molecule has 192 valence electrons. The van der Waals surface area contributed by atoms with Crippen molar-refractivity contribution >= 4 is 51.4 Å². The van der Waals surface area contributed by atoms with E-state index in [0.717, 1.165) is 31.8 Å². The minimum atomic E-state index is -0.856. The number of aromatic nitrogens is 3. The fraction of sp³-hybridized carbons (Fsp3) is 0.143. The Balaban J connectivity index is 1.35. The number of esters is 1. The molecule has 0 aliphatic carbocycles. The van der Waals surface area contributed by atoms with Crippen molar-refractivity contribution in [1.82, 2.24) is 20.3 Å². The molecule has 38 heavy (non-hydrogen) atoms. The van der Waals surface area contributed by atoms with Crippen molar-refractivity contribution < 1.29 is 14.3 Å². The lowest BCUT2D eigenvalue weighted by Gasteiger charge is -2.16. The van der Waals surface area contributed by atoms with E-state index in [-0.39, 0.29) is 17.9 Å². The Morgan fingerprint density at radius 3 is 2.63 bits per heavy atom. The van der Waals surface area contributed by atoms with Gasteiger partial charge < -0.3 is 20.8 Å². The maximum atomic E-state index is 13.0. The lowest BCUT2D eigenvalue weighted by atomic mass is 10.0. The Kier molecular flexibility index (Phi) is 6.89. The SMILES string of the molecule is COC(=O)[C@H](Cc1c[nH]c2ccccc12)NC(=O)c1ccc(Sc2c(C)ccc3nc(N)[nH]c(=O)c23)cc1. The molecular formula is C28H25N5O4S. The summed E-state index contributed by atoms with van der Waals surface area (Å²) >= 11 is 1.40. The van der Waals surface area contributed by atoms with Gasteiger partial charge in [-0.25, -0.2) is 9.78 Å². The van der Waals surface area contributed by atoms with E-state index in [4.69, 9.17) is 10.5 Å². The van der Waals surface area contributed by atoms with Crippen LogP contribution in [0.1, 0.15) is 21.5 Å². The number of aromatic amines is 2. The average molecular weight is 528 g/mol. The molecule has 0 bridgehead atoms. The first-order valence-corrected chi connectivity index (χ1v) is 12.7. The van der Waals surface area contributed by atoms with Crippen LogP contribution in [0.4, 0.5) is 5.95 Å². The molecule has 0 fully saturated rings. The van der Waals surface area contributed by atoms with Crippen molar-refractivity contribution in [2.75, 3.05) is 12.8 Å². The van der Waals surface area contributed by atoms with Gasteiger partial charge in [0.15, 0.2) is 0 Å². The zero-order chi connectivity index (χ0) is 26.8. The lowest BCUT2D eigenvalue weighted by molar-refractivity contribution is -0.142. The molecule has 0 unspecified atom stereocenters. The van der Waals surface area contributed by atoms with E-state index in [1.165, 1.54) is 18.9 Å². The highest BCUT2D eigenvalue weighted by Gasteiger charge is 2.24. The van der Waals surface area contributed by atoms with Gasteiger partial charge in [-0.2, -0.15) is 0 Å². The molecule has 0 saturated heterocycles. The number of carbonyl (C=O) groups excluding carboxylic acids is 2. The number of nitrogens with two attached hydrogens (primary N) is 1. The summed E-state index contributed by atoms with van der Waals surface area (Å²) in [4.78, 5) is 49.7. The zero-order valence-electron chi connectivity index (χ0n) is 20.7. The highest BCUT2D eigenvalue weighted by atomic mass is 32.2. The van der Waals surface area contributed by atoms with E-state index in [0.29, 0.717) is 16.5 Å². The number of carbonyl (C=O) groups is 2. The Morgan fingerprint density at radius 1 is 1.11 bits per heavy atom. The number of anilines is 1. The van der Waals surface area contributed by atoms with Crippen LogP contribution in [0.2, 0.25) is 0 Å². The number of nitrogens with zero attached hydrogens (tertiary/aromatic N) is 1. The van der Waals surface area contributed by atoms with Crippen molar-refractivity contribution in [3.8, 4) is 0 Å². The normalized spacial score (nSPS) is 11.9. The van der Waals surface area contributed by atoms with Gasteiger partial charge in [-0.3, -0.25) is 14.6 Å². The summed E-state index contributed by atoms with van der Waals surface area (Å²) in [6.07, 6.45) is 2.12. The number of hydrogen-bond acceptors (Lipinski definition) is 7. The molecule has 1 atom stereocenters. The van der Waals surface area contributed by atoms with Crippen molar-refractivity contribution in [1.29, 1.82) is 0 Å². The molecule has 0 aliphatic rings. The molecule has 2 heterocycles. The average Bonchev–Trinajstić information content (AvgIpc) is 3.32. The lowest BCUT2D eigenvalue weighted by Crippen LogP contribution is -2.43. The topological polar surface area (TPSA) is 143 Å². The molecule has 5 aromatic rings. The summed E-state index contributed by atoms with van der Waals surface area (Å²) in [6.45, 7) is 1.92. The molecule has 5 N–H and O–H groups in total. The minimum Gasteiger partial charge on any atom is -0.467 e. The third-order valence-electron chi connectivity index (χ3n) is 6.27. The first kappa shape index (κ1) is 25.1. The number of aryl methyl sites for hydroxylation is 1. The van der Waals surface area contributed by atoms with E-state index in [1.54, 1.807) is 30.3 Å². The molecule has 3 aromatic carbocycles.